The van der Waals surface area contributed by atoms with Crippen LogP contribution in [-0.2, 0) is 6.54 Å². The van der Waals surface area contributed by atoms with E-state index in [4.69, 9.17) is 28.9 Å². The van der Waals surface area contributed by atoms with Crippen LogP contribution in [0.2, 0.25) is 10.2 Å². The van der Waals surface area contributed by atoms with Crippen molar-refractivity contribution in [3.8, 4) is 0 Å². The molecular weight excluding hydrogens is 269 g/mol. The fraction of sp³-hybridized carbons (Fsp3) is 0.615. The maximum Gasteiger partial charge on any atom is 0.130 e. The number of nitrogens with zero attached hydrogens (tertiary/aromatic N) is 2. The first-order valence-corrected chi connectivity index (χ1v) is 7.09. The quantitative estimate of drug-likeness (QED) is 0.869. The summed E-state index contributed by atoms with van der Waals surface area (Å²) in [6, 6.07) is 2.27. The Labute approximate surface area is 118 Å². The van der Waals surface area contributed by atoms with Gasteiger partial charge in [-0.05, 0) is 38.3 Å². The van der Waals surface area contributed by atoms with Crippen LogP contribution in [0, 0.1) is 5.92 Å². The number of hydrogen-bond donors (Lipinski definition) is 1. The summed E-state index contributed by atoms with van der Waals surface area (Å²) in [4.78, 5) is 6.53. The van der Waals surface area contributed by atoms with Crippen LogP contribution in [0.25, 0.3) is 0 Å². The molecule has 2 heterocycles. The number of hydrogen-bond acceptors (Lipinski definition) is 3. The first-order valence-electron chi connectivity index (χ1n) is 6.34. The van der Waals surface area contributed by atoms with Crippen LogP contribution in [0.1, 0.15) is 25.3 Å². The Hall–Kier alpha value is -0.350. The lowest BCUT2D eigenvalue weighted by molar-refractivity contribution is 0.113. The molecule has 2 N–H and O–H groups in total. The number of pyridine rings is 1. The van der Waals surface area contributed by atoms with Crippen molar-refractivity contribution in [1.82, 2.24) is 9.88 Å². The van der Waals surface area contributed by atoms with Gasteiger partial charge in [-0.2, -0.15) is 0 Å². The second-order valence-corrected chi connectivity index (χ2v) is 5.85. The highest BCUT2D eigenvalue weighted by Gasteiger charge is 2.25. The van der Waals surface area contributed by atoms with E-state index in [1.54, 1.807) is 12.3 Å². The zero-order valence-corrected chi connectivity index (χ0v) is 12.1. The van der Waals surface area contributed by atoms with Gasteiger partial charge in [-0.25, -0.2) is 4.98 Å². The van der Waals surface area contributed by atoms with Gasteiger partial charge in [-0.15, -0.1) is 0 Å². The molecule has 1 aliphatic rings. The Balaban J connectivity index is 2.07. The molecule has 1 saturated heterocycles. The van der Waals surface area contributed by atoms with E-state index in [1.165, 1.54) is 12.8 Å². The molecule has 1 aliphatic heterocycles. The number of nitrogens with two attached hydrogens (primary N) is 1. The van der Waals surface area contributed by atoms with Crippen LogP contribution in [0.4, 0.5) is 0 Å². The first kappa shape index (κ1) is 14.1. The first-order chi connectivity index (χ1) is 8.60. The van der Waals surface area contributed by atoms with E-state index in [9.17, 15) is 0 Å². The third kappa shape index (κ3) is 3.35. The minimum Gasteiger partial charge on any atom is -0.330 e. The zero-order chi connectivity index (χ0) is 13.1. The summed E-state index contributed by atoms with van der Waals surface area (Å²) in [7, 11) is 0. The average molecular weight is 288 g/mol. The monoisotopic (exact) mass is 287 g/mol. The van der Waals surface area contributed by atoms with E-state index in [0.717, 1.165) is 25.2 Å². The summed E-state index contributed by atoms with van der Waals surface area (Å²) in [6.45, 7) is 4.87. The summed E-state index contributed by atoms with van der Waals surface area (Å²) < 4.78 is 0. The zero-order valence-electron chi connectivity index (χ0n) is 10.6. The standard InChI is InChI=1S/C13H19Cl2N3/c1-9-2-3-10(5-16)7-18(9)8-11-6-17-13(15)4-12(11)14/h4,6,9-10H,2-3,5,7-8,16H2,1H3. The van der Waals surface area contributed by atoms with Crippen LogP contribution in [0.15, 0.2) is 12.3 Å². The number of likely N-dealkylation sites (tertiary alicyclic amines) is 1. The third-order valence-electron chi connectivity index (χ3n) is 3.71. The Bertz CT molecular complexity index is 411. The van der Waals surface area contributed by atoms with Gasteiger partial charge >= 0.3 is 0 Å². The highest BCUT2D eigenvalue weighted by Crippen LogP contribution is 2.26. The molecule has 2 unspecified atom stereocenters. The van der Waals surface area contributed by atoms with Crippen LogP contribution in [0.3, 0.4) is 0 Å². The molecule has 18 heavy (non-hydrogen) atoms. The summed E-state index contributed by atoms with van der Waals surface area (Å²) in [6.07, 6.45) is 4.19. The summed E-state index contributed by atoms with van der Waals surface area (Å²) in [5, 5.41) is 1.13. The Morgan fingerprint density at radius 1 is 1.44 bits per heavy atom. The van der Waals surface area contributed by atoms with Crippen molar-refractivity contribution < 1.29 is 0 Å². The molecule has 2 atom stereocenters. The predicted molar refractivity (Wildman–Crippen MR) is 75.9 cm³/mol. The molecule has 1 aromatic rings. The van der Waals surface area contributed by atoms with E-state index in [-0.39, 0.29) is 0 Å². The predicted octanol–water partition coefficient (Wildman–Crippen LogP) is 2.95. The van der Waals surface area contributed by atoms with E-state index in [2.05, 4.69) is 16.8 Å². The van der Waals surface area contributed by atoms with E-state index in [1.807, 2.05) is 0 Å². The highest BCUT2D eigenvalue weighted by atomic mass is 35.5. The molecule has 0 bridgehead atoms. The Kier molecular flexibility index (Phi) is 4.84. The molecule has 0 saturated carbocycles. The molecule has 1 fully saturated rings. The number of rotatable bonds is 3. The van der Waals surface area contributed by atoms with Crippen molar-refractivity contribution in [3.05, 3.63) is 28.0 Å². The molecule has 3 nitrogen and oxygen atoms in total. The van der Waals surface area contributed by atoms with Crippen molar-refractivity contribution in [2.24, 2.45) is 11.7 Å². The van der Waals surface area contributed by atoms with E-state index < -0.39 is 0 Å². The summed E-state index contributed by atoms with van der Waals surface area (Å²) >= 11 is 12.0. The van der Waals surface area contributed by atoms with Gasteiger partial charge in [-0.3, -0.25) is 4.90 Å². The van der Waals surface area contributed by atoms with E-state index in [0.29, 0.717) is 22.1 Å². The van der Waals surface area contributed by atoms with Crippen molar-refractivity contribution >= 4 is 23.2 Å². The van der Waals surface area contributed by atoms with Crippen LogP contribution in [0.5, 0.6) is 0 Å². The molecule has 0 amide bonds. The van der Waals surface area contributed by atoms with Gasteiger partial charge in [0.05, 0.1) is 0 Å². The van der Waals surface area contributed by atoms with Crippen molar-refractivity contribution in [3.63, 3.8) is 0 Å². The fourth-order valence-corrected chi connectivity index (χ4v) is 2.87. The molecular formula is C13H19Cl2N3. The highest BCUT2D eigenvalue weighted by molar-refractivity contribution is 6.34. The van der Waals surface area contributed by atoms with E-state index >= 15 is 0 Å². The molecule has 1 aromatic heterocycles. The molecule has 0 aromatic carbocycles. The topological polar surface area (TPSA) is 42.1 Å². The van der Waals surface area contributed by atoms with Gasteiger partial charge in [0.15, 0.2) is 0 Å². The lowest BCUT2D eigenvalue weighted by Gasteiger charge is -2.37. The van der Waals surface area contributed by atoms with Crippen molar-refractivity contribution in [1.29, 1.82) is 0 Å². The normalized spacial score (nSPS) is 25.3. The summed E-state index contributed by atoms with van der Waals surface area (Å²) in [5.41, 5.74) is 6.80. The van der Waals surface area contributed by atoms with Gasteiger partial charge in [0.1, 0.15) is 5.15 Å². The molecule has 0 aliphatic carbocycles. The number of halogens is 2. The SMILES string of the molecule is CC1CCC(CN)CN1Cc1cnc(Cl)cc1Cl. The van der Waals surface area contributed by atoms with Gasteiger partial charge in [0, 0.05) is 35.9 Å². The summed E-state index contributed by atoms with van der Waals surface area (Å²) in [5.74, 6) is 0.597. The second kappa shape index (κ2) is 6.20. The van der Waals surface area contributed by atoms with Crippen LogP contribution >= 0.6 is 23.2 Å². The van der Waals surface area contributed by atoms with Gasteiger partial charge in [0.25, 0.3) is 0 Å². The minimum absolute atomic E-state index is 0.440. The smallest absolute Gasteiger partial charge is 0.130 e. The van der Waals surface area contributed by atoms with Crippen LogP contribution < -0.4 is 5.73 Å². The van der Waals surface area contributed by atoms with Gasteiger partial charge in [-0.1, -0.05) is 23.2 Å². The minimum atomic E-state index is 0.440. The van der Waals surface area contributed by atoms with Crippen LogP contribution in [-0.4, -0.2) is 29.0 Å². The average Bonchev–Trinajstić information content (AvgIpc) is 2.35. The lowest BCUT2D eigenvalue weighted by Crippen LogP contribution is -2.43. The maximum atomic E-state index is 6.19. The molecule has 5 heteroatoms. The molecule has 100 valence electrons. The maximum absolute atomic E-state index is 6.19. The number of piperidine rings is 1. The fourth-order valence-electron chi connectivity index (χ4n) is 2.45. The van der Waals surface area contributed by atoms with Crippen molar-refractivity contribution in [2.75, 3.05) is 13.1 Å². The van der Waals surface area contributed by atoms with Gasteiger partial charge in [0.2, 0.25) is 0 Å². The molecule has 0 spiro atoms. The van der Waals surface area contributed by atoms with Crippen molar-refractivity contribution in [2.45, 2.75) is 32.4 Å². The largest absolute Gasteiger partial charge is 0.330 e. The third-order valence-corrected chi connectivity index (χ3v) is 4.27. The Morgan fingerprint density at radius 3 is 2.89 bits per heavy atom. The number of aromatic nitrogens is 1. The second-order valence-electron chi connectivity index (χ2n) is 5.06. The van der Waals surface area contributed by atoms with Gasteiger partial charge < -0.3 is 5.73 Å². The lowest BCUT2D eigenvalue weighted by atomic mass is 9.93. The Morgan fingerprint density at radius 2 is 2.22 bits per heavy atom. The molecule has 2 rings (SSSR count). The molecule has 0 radical (unpaired) electrons.